The van der Waals surface area contributed by atoms with Crippen LogP contribution >= 0.6 is 11.3 Å². The Morgan fingerprint density at radius 2 is 2.00 bits per heavy atom. The van der Waals surface area contributed by atoms with Gasteiger partial charge in [-0.1, -0.05) is 31.5 Å². The Morgan fingerprint density at radius 1 is 1.22 bits per heavy atom. The van der Waals surface area contributed by atoms with E-state index in [-0.39, 0.29) is 11.7 Å². The van der Waals surface area contributed by atoms with Gasteiger partial charge in [0.2, 0.25) is 0 Å². The number of anilines is 1. The minimum Gasteiger partial charge on any atom is -0.508 e. The van der Waals surface area contributed by atoms with Crippen LogP contribution in [0.5, 0.6) is 5.75 Å². The number of carbonyl (C=O) groups is 1. The molecule has 0 aliphatic rings. The van der Waals surface area contributed by atoms with E-state index in [0.29, 0.717) is 0 Å². The van der Waals surface area contributed by atoms with Gasteiger partial charge in [-0.15, -0.1) is 11.3 Å². The first-order valence-electron chi connectivity index (χ1n) is 7.71. The van der Waals surface area contributed by atoms with Crippen molar-refractivity contribution in [3.05, 3.63) is 58.5 Å². The van der Waals surface area contributed by atoms with Gasteiger partial charge in [-0.3, -0.25) is 4.79 Å². The van der Waals surface area contributed by atoms with Crippen molar-refractivity contribution in [2.24, 2.45) is 0 Å². The molecule has 0 atom stereocenters. The maximum absolute atomic E-state index is 12.8. The van der Waals surface area contributed by atoms with Crippen LogP contribution in [0.2, 0.25) is 0 Å². The van der Waals surface area contributed by atoms with E-state index in [9.17, 15) is 9.90 Å². The summed E-state index contributed by atoms with van der Waals surface area (Å²) >= 11 is 1.54. The monoisotopic (exact) mass is 325 g/mol. The Balaban J connectivity index is 1.98. The van der Waals surface area contributed by atoms with Crippen LogP contribution in [0.4, 0.5) is 5.69 Å². The highest BCUT2D eigenvalue weighted by atomic mass is 32.1. The summed E-state index contributed by atoms with van der Waals surface area (Å²) in [5.74, 6) is 0.123. The van der Waals surface area contributed by atoms with E-state index in [1.807, 2.05) is 19.1 Å². The Labute approximate surface area is 139 Å². The number of aryl methyl sites for hydroxylation is 2. The molecule has 0 saturated carbocycles. The number of thiophene rings is 1. The summed E-state index contributed by atoms with van der Waals surface area (Å²) < 4.78 is 1.14. The molecule has 3 rings (SSSR count). The Bertz CT molecular complexity index is 867. The number of phenolic OH excluding ortho intramolecular Hbond substituents is 1. The average molecular weight is 325 g/mol. The predicted molar refractivity (Wildman–Crippen MR) is 96.6 cm³/mol. The van der Waals surface area contributed by atoms with Crippen LogP contribution < -0.4 is 5.32 Å². The summed E-state index contributed by atoms with van der Waals surface area (Å²) in [4.78, 5) is 13.5. The van der Waals surface area contributed by atoms with Gasteiger partial charge < -0.3 is 10.4 Å². The second kappa shape index (κ2) is 6.42. The number of rotatable bonds is 4. The number of fused-ring (bicyclic) bond motifs is 1. The zero-order chi connectivity index (χ0) is 16.4. The number of nitrogens with one attached hydrogen (secondary N) is 1. The molecule has 0 bridgehead atoms. The molecule has 0 aliphatic carbocycles. The van der Waals surface area contributed by atoms with Gasteiger partial charge in [0.25, 0.3) is 5.91 Å². The standard InChI is InChI=1S/C19H19NO2S/c1-3-6-15-14-7-4-5-8-17(14)23-18(15)19(22)20-16-10-9-13(21)11-12(16)2/h4-5,7-11,21H,3,6H2,1-2H3,(H,20,22). The van der Waals surface area contributed by atoms with Crippen molar-refractivity contribution in [2.45, 2.75) is 26.7 Å². The number of hydrogen-bond donors (Lipinski definition) is 2. The number of aromatic hydroxyl groups is 1. The summed E-state index contributed by atoms with van der Waals surface area (Å²) in [5, 5.41) is 13.6. The molecule has 0 spiro atoms. The van der Waals surface area contributed by atoms with Crippen LogP contribution in [0.25, 0.3) is 10.1 Å². The molecule has 0 unspecified atom stereocenters. The van der Waals surface area contributed by atoms with E-state index in [4.69, 9.17) is 0 Å². The minimum atomic E-state index is -0.0801. The Kier molecular flexibility index (Phi) is 4.35. The zero-order valence-corrected chi connectivity index (χ0v) is 14.0. The molecule has 0 radical (unpaired) electrons. The molecule has 4 heteroatoms. The summed E-state index contributed by atoms with van der Waals surface area (Å²) in [6, 6.07) is 13.1. The van der Waals surface area contributed by atoms with Crippen molar-refractivity contribution in [3.8, 4) is 5.75 Å². The largest absolute Gasteiger partial charge is 0.508 e. The molecular formula is C19H19NO2S. The molecule has 2 aromatic carbocycles. The van der Waals surface area contributed by atoms with E-state index in [0.717, 1.165) is 39.2 Å². The average Bonchev–Trinajstić information content (AvgIpc) is 2.90. The highest BCUT2D eigenvalue weighted by Crippen LogP contribution is 2.33. The molecule has 0 fully saturated rings. The van der Waals surface area contributed by atoms with Gasteiger partial charge in [0.1, 0.15) is 5.75 Å². The highest BCUT2D eigenvalue weighted by molar-refractivity contribution is 7.21. The first-order valence-corrected chi connectivity index (χ1v) is 8.53. The number of amides is 1. The van der Waals surface area contributed by atoms with Crippen molar-refractivity contribution in [2.75, 3.05) is 5.32 Å². The molecule has 3 aromatic rings. The SMILES string of the molecule is CCCc1c(C(=O)Nc2ccc(O)cc2C)sc2ccccc12. The van der Waals surface area contributed by atoms with E-state index in [1.165, 1.54) is 16.7 Å². The highest BCUT2D eigenvalue weighted by Gasteiger charge is 2.18. The third-order valence-corrected chi connectivity index (χ3v) is 5.07. The Hall–Kier alpha value is -2.33. The molecule has 1 amide bonds. The zero-order valence-electron chi connectivity index (χ0n) is 13.2. The first-order chi connectivity index (χ1) is 11.1. The number of phenols is 1. The summed E-state index contributed by atoms with van der Waals surface area (Å²) in [5.41, 5.74) is 2.70. The van der Waals surface area contributed by atoms with Gasteiger partial charge in [-0.05, 0) is 54.1 Å². The molecule has 0 aliphatic heterocycles. The summed E-state index contributed by atoms with van der Waals surface area (Å²) in [6.45, 7) is 3.99. The van der Waals surface area contributed by atoms with Crippen LogP contribution in [0.3, 0.4) is 0 Å². The molecule has 2 N–H and O–H groups in total. The van der Waals surface area contributed by atoms with Gasteiger partial charge in [0.05, 0.1) is 4.88 Å². The Morgan fingerprint density at radius 3 is 2.74 bits per heavy atom. The summed E-state index contributed by atoms with van der Waals surface area (Å²) in [6.07, 6.45) is 1.89. The van der Waals surface area contributed by atoms with Gasteiger partial charge in [0, 0.05) is 10.4 Å². The second-order valence-electron chi connectivity index (χ2n) is 5.61. The van der Waals surface area contributed by atoms with Gasteiger partial charge >= 0.3 is 0 Å². The lowest BCUT2D eigenvalue weighted by molar-refractivity contribution is 0.102. The lowest BCUT2D eigenvalue weighted by atomic mass is 10.1. The van der Waals surface area contributed by atoms with Crippen LogP contribution in [-0.2, 0) is 6.42 Å². The summed E-state index contributed by atoms with van der Waals surface area (Å²) in [7, 11) is 0. The molecule has 3 nitrogen and oxygen atoms in total. The van der Waals surface area contributed by atoms with E-state index in [2.05, 4.69) is 24.4 Å². The molecule has 118 valence electrons. The normalized spacial score (nSPS) is 10.9. The number of benzene rings is 2. The lowest BCUT2D eigenvalue weighted by Gasteiger charge is -2.09. The van der Waals surface area contributed by atoms with Crippen LogP contribution in [0, 0.1) is 6.92 Å². The predicted octanol–water partition coefficient (Wildman–Crippen LogP) is 5.12. The first kappa shape index (κ1) is 15.6. The molecular weight excluding hydrogens is 306 g/mol. The third-order valence-electron chi connectivity index (χ3n) is 3.86. The van der Waals surface area contributed by atoms with Crippen LogP contribution in [0.1, 0.15) is 34.1 Å². The second-order valence-corrected chi connectivity index (χ2v) is 6.66. The van der Waals surface area contributed by atoms with E-state index >= 15 is 0 Å². The van der Waals surface area contributed by atoms with Gasteiger partial charge in [-0.2, -0.15) is 0 Å². The molecule has 23 heavy (non-hydrogen) atoms. The van der Waals surface area contributed by atoms with E-state index < -0.39 is 0 Å². The van der Waals surface area contributed by atoms with Crippen molar-refractivity contribution in [1.29, 1.82) is 0 Å². The van der Waals surface area contributed by atoms with E-state index in [1.54, 1.807) is 18.2 Å². The fraction of sp³-hybridized carbons (Fsp3) is 0.211. The quantitative estimate of drug-likeness (QED) is 0.654. The molecule has 1 heterocycles. The maximum atomic E-state index is 12.8. The van der Waals surface area contributed by atoms with Crippen molar-refractivity contribution < 1.29 is 9.90 Å². The van der Waals surface area contributed by atoms with Crippen LogP contribution in [0.15, 0.2) is 42.5 Å². The van der Waals surface area contributed by atoms with Gasteiger partial charge in [0.15, 0.2) is 0 Å². The fourth-order valence-corrected chi connectivity index (χ4v) is 3.89. The van der Waals surface area contributed by atoms with Gasteiger partial charge in [-0.25, -0.2) is 0 Å². The number of hydrogen-bond acceptors (Lipinski definition) is 3. The molecule has 1 aromatic heterocycles. The maximum Gasteiger partial charge on any atom is 0.266 e. The van der Waals surface area contributed by atoms with Crippen molar-refractivity contribution in [3.63, 3.8) is 0 Å². The number of carbonyl (C=O) groups excluding carboxylic acids is 1. The third kappa shape index (κ3) is 3.08. The van der Waals surface area contributed by atoms with Crippen LogP contribution in [-0.4, -0.2) is 11.0 Å². The lowest BCUT2D eigenvalue weighted by Crippen LogP contribution is -2.13. The molecule has 0 saturated heterocycles. The minimum absolute atomic E-state index is 0.0801. The topological polar surface area (TPSA) is 49.3 Å². The fourth-order valence-electron chi connectivity index (χ4n) is 2.75. The van der Waals surface area contributed by atoms with Crippen molar-refractivity contribution in [1.82, 2.24) is 0 Å². The smallest absolute Gasteiger partial charge is 0.266 e. The van der Waals surface area contributed by atoms with Crippen molar-refractivity contribution >= 4 is 33.0 Å².